The number of fused-ring (bicyclic) bond motifs is 1. The van der Waals surface area contributed by atoms with E-state index in [2.05, 4.69) is 0 Å². The molecule has 112 valence electrons. The van der Waals surface area contributed by atoms with Crippen molar-refractivity contribution in [1.82, 2.24) is 0 Å². The predicted molar refractivity (Wildman–Crippen MR) is 79.8 cm³/mol. The third-order valence-corrected chi connectivity index (χ3v) is 4.48. The Kier molecular flexibility index (Phi) is 3.84. The van der Waals surface area contributed by atoms with E-state index in [1.165, 1.54) is 6.07 Å². The monoisotopic (exact) mass is 307 g/mol. The van der Waals surface area contributed by atoms with Gasteiger partial charge in [0.1, 0.15) is 12.4 Å². The molecule has 2 aromatic rings. The van der Waals surface area contributed by atoms with Gasteiger partial charge in [0.05, 0.1) is 11.0 Å². The zero-order valence-corrected chi connectivity index (χ0v) is 12.3. The topological polar surface area (TPSA) is 78.6 Å². The molecule has 5 nitrogen and oxygen atoms in total. The van der Waals surface area contributed by atoms with Crippen LogP contribution >= 0.6 is 0 Å². The fourth-order valence-electron chi connectivity index (χ4n) is 2.43. The van der Waals surface area contributed by atoms with Crippen molar-refractivity contribution in [3.63, 3.8) is 0 Å². The number of hydrogen-bond donors (Lipinski definition) is 1. The van der Waals surface area contributed by atoms with Gasteiger partial charge in [-0.1, -0.05) is 12.1 Å². The highest BCUT2D eigenvalue weighted by Crippen LogP contribution is 2.24. The van der Waals surface area contributed by atoms with Gasteiger partial charge in [-0.2, -0.15) is 0 Å². The second-order valence-corrected chi connectivity index (χ2v) is 6.72. The minimum Gasteiger partial charge on any atom is -0.491 e. The molecule has 2 aromatic carbocycles. The summed E-state index contributed by atoms with van der Waals surface area (Å²) in [7, 11) is -3.69. The summed E-state index contributed by atoms with van der Waals surface area (Å²) in [5.41, 5.74) is 0. The van der Waals surface area contributed by atoms with Gasteiger partial charge in [0.2, 0.25) is 10.0 Å². The Morgan fingerprint density at radius 2 is 2.00 bits per heavy atom. The zero-order chi connectivity index (χ0) is 14.9. The molecule has 0 radical (unpaired) electrons. The van der Waals surface area contributed by atoms with Gasteiger partial charge in [-0.05, 0) is 47.9 Å². The minimum absolute atomic E-state index is 0.103. The third kappa shape index (κ3) is 3.34. The van der Waals surface area contributed by atoms with Gasteiger partial charge in [-0.15, -0.1) is 0 Å². The predicted octanol–water partition coefficient (Wildman–Crippen LogP) is 2.04. The van der Waals surface area contributed by atoms with Crippen molar-refractivity contribution < 1.29 is 17.9 Å². The van der Waals surface area contributed by atoms with Crippen LogP contribution in [0, 0.1) is 0 Å². The van der Waals surface area contributed by atoms with Gasteiger partial charge in [-0.25, -0.2) is 13.6 Å². The standard InChI is InChI=1S/C15H17NO4S/c16-21(17,18)15-6-4-11-3-5-13(8-12(11)9-15)20-10-14-2-1-7-19-14/h3-6,8-9,14H,1-2,7,10H2,(H2,16,17,18). The Bertz CT molecular complexity index is 751. The highest BCUT2D eigenvalue weighted by molar-refractivity contribution is 7.89. The van der Waals surface area contributed by atoms with Crippen LogP contribution in [0.5, 0.6) is 5.75 Å². The molecule has 0 aliphatic carbocycles. The van der Waals surface area contributed by atoms with Crippen LogP contribution in [0.25, 0.3) is 10.8 Å². The summed E-state index contributed by atoms with van der Waals surface area (Å²) in [5, 5.41) is 6.87. The average Bonchev–Trinajstić information content (AvgIpc) is 2.96. The molecule has 2 N–H and O–H groups in total. The van der Waals surface area contributed by atoms with Crippen molar-refractivity contribution in [2.75, 3.05) is 13.2 Å². The molecule has 1 aliphatic heterocycles. The maximum Gasteiger partial charge on any atom is 0.238 e. The van der Waals surface area contributed by atoms with Crippen molar-refractivity contribution in [1.29, 1.82) is 0 Å². The fourth-order valence-corrected chi connectivity index (χ4v) is 2.98. The van der Waals surface area contributed by atoms with Crippen molar-refractivity contribution in [3.05, 3.63) is 36.4 Å². The SMILES string of the molecule is NS(=O)(=O)c1ccc2ccc(OCC3CCCO3)cc2c1. The van der Waals surface area contributed by atoms with Crippen molar-refractivity contribution in [2.24, 2.45) is 5.14 Å². The van der Waals surface area contributed by atoms with Crippen LogP contribution in [0.3, 0.4) is 0 Å². The summed E-state index contributed by atoms with van der Waals surface area (Å²) in [4.78, 5) is 0.103. The molecule has 1 unspecified atom stereocenters. The maximum absolute atomic E-state index is 11.4. The summed E-state index contributed by atoms with van der Waals surface area (Å²) < 4.78 is 34.0. The number of benzene rings is 2. The van der Waals surface area contributed by atoms with Gasteiger partial charge >= 0.3 is 0 Å². The lowest BCUT2D eigenvalue weighted by Crippen LogP contribution is -2.16. The molecule has 3 rings (SSSR count). The number of hydrogen-bond acceptors (Lipinski definition) is 4. The number of nitrogens with two attached hydrogens (primary N) is 1. The second-order valence-electron chi connectivity index (χ2n) is 5.16. The first kappa shape index (κ1) is 14.3. The van der Waals surface area contributed by atoms with E-state index in [0.29, 0.717) is 12.4 Å². The van der Waals surface area contributed by atoms with Crippen molar-refractivity contribution >= 4 is 20.8 Å². The minimum atomic E-state index is -3.69. The van der Waals surface area contributed by atoms with E-state index in [4.69, 9.17) is 14.6 Å². The van der Waals surface area contributed by atoms with E-state index < -0.39 is 10.0 Å². The molecule has 1 fully saturated rings. The molecule has 6 heteroatoms. The van der Waals surface area contributed by atoms with Crippen LogP contribution in [0.4, 0.5) is 0 Å². The van der Waals surface area contributed by atoms with E-state index in [0.717, 1.165) is 30.2 Å². The van der Waals surface area contributed by atoms with Gasteiger partial charge in [-0.3, -0.25) is 0 Å². The van der Waals surface area contributed by atoms with Gasteiger partial charge in [0.15, 0.2) is 0 Å². The molecule has 0 amide bonds. The van der Waals surface area contributed by atoms with E-state index in [9.17, 15) is 8.42 Å². The molecule has 21 heavy (non-hydrogen) atoms. The third-order valence-electron chi connectivity index (χ3n) is 3.57. The Morgan fingerprint density at radius 1 is 1.19 bits per heavy atom. The quantitative estimate of drug-likeness (QED) is 0.937. The van der Waals surface area contributed by atoms with Gasteiger partial charge < -0.3 is 9.47 Å². The number of primary sulfonamides is 1. The number of ether oxygens (including phenoxy) is 2. The van der Waals surface area contributed by atoms with E-state index in [1.54, 1.807) is 12.1 Å². The lowest BCUT2D eigenvalue weighted by atomic mass is 10.1. The number of sulfonamides is 1. The highest BCUT2D eigenvalue weighted by Gasteiger charge is 2.16. The molecule has 1 heterocycles. The van der Waals surface area contributed by atoms with Crippen LogP contribution < -0.4 is 9.88 Å². The average molecular weight is 307 g/mol. The molecule has 0 bridgehead atoms. The summed E-state index contributed by atoms with van der Waals surface area (Å²) in [5.74, 6) is 0.699. The van der Waals surface area contributed by atoms with Crippen LogP contribution in [0.1, 0.15) is 12.8 Å². The smallest absolute Gasteiger partial charge is 0.238 e. The van der Waals surface area contributed by atoms with Crippen LogP contribution in [0.15, 0.2) is 41.3 Å². The highest BCUT2D eigenvalue weighted by atomic mass is 32.2. The molecule has 0 spiro atoms. The second kappa shape index (κ2) is 5.63. The molecular weight excluding hydrogens is 290 g/mol. The van der Waals surface area contributed by atoms with Crippen LogP contribution in [-0.2, 0) is 14.8 Å². The van der Waals surface area contributed by atoms with Gasteiger partial charge in [0.25, 0.3) is 0 Å². The largest absolute Gasteiger partial charge is 0.491 e. The molecule has 0 aromatic heterocycles. The lowest BCUT2D eigenvalue weighted by molar-refractivity contribution is 0.0680. The molecular formula is C15H17NO4S. The van der Waals surface area contributed by atoms with Crippen LogP contribution in [0.2, 0.25) is 0 Å². The summed E-state index contributed by atoms with van der Waals surface area (Å²) in [6, 6.07) is 10.4. The molecule has 1 saturated heterocycles. The van der Waals surface area contributed by atoms with E-state index in [1.807, 2.05) is 18.2 Å². The fraction of sp³-hybridized carbons (Fsp3) is 0.333. The first-order valence-electron chi connectivity index (χ1n) is 6.83. The molecule has 0 saturated carbocycles. The Labute approximate surface area is 123 Å². The summed E-state index contributed by atoms with van der Waals surface area (Å²) >= 11 is 0. The van der Waals surface area contributed by atoms with Crippen molar-refractivity contribution in [2.45, 2.75) is 23.8 Å². The first-order valence-corrected chi connectivity index (χ1v) is 8.38. The Morgan fingerprint density at radius 3 is 2.71 bits per heavy atom. The number of rotatable bonds is 4. The summed E-state index contributed by atoms with van der Waals surface area (Å²) in [6.07, 6.45) is 2.24. The summed E-state index contributed by atoms with van der Waals surface area (Å²) in [6.45, 7) is 1.31. The normalized spacial score (nSPS) is 19.0. The molecule has 1 atom stereocenters. The van der Waals surface area contributed by atoms with Crippen LogP contribution in [-0.4, -0.2) is 27.7 Å². The molecule has 1 aliphatic rings. The maximum atomic E-state index is 11.4. The first-order chi connectivity index (χ1) is 10.0. The lowest BCUT2D eigenvalue weighted by Gasteiger charge is -2.12. The Hall–Kier alpha value is -1.63. The van der Waals surface area contributed by atoms with E-state index >= 15 is 0 Å². The Balaban J connectivity index is 1.83. The van der Waals surface area contributed by atoms with E-state index in [-0.39, 0.29) is 11.0 Å². The van der Waals surface area contributed by atoms with Crippen molar-refractivity contribution in [3.8, 4) is 5.75 Å². The zero-order valence-electron chi connectivity index (χ0n) is 11.5. The van der Waals surface area contributed by atoms with Gasteiger partial charge in [0, 0.05) is 6.61 Å².